The molecule has 0 aliphatic carbocycles. The fraction of sp³-hybridized carbons (Fsp3) is 0.833. The normalized spacial score (nSPS) is 19.7. The van der Waals surface area contributed by atoms with Crippen molar-refractivity contribution in [2.75, 3.05) is 13.1 Å². The highest BCUT2D eigenvalue weighted by Gasteiger charge is 2.13. The summed E-state index contributed by atoms with van der Waals surface area (Å²) in [5.41, 5.74) is 1.56. The number of hydrogen-bond acceptors (Lipinski definition) is 1. The van der Waals surface area contributed by atoms with Gasteiger partial charge in [-0.1, -0.05) is 19.9 Å². The summed E-state index contributed by atoms with van der Waals surface area (Å²) in [5.74, 6) is 0.785. The van der Waals surface area contributed by atoms with Gasteiger partial charge < -0.3 is 4.90 Å². The number of allylic oxidation sites excluding steroid dienone is 2. The maximum Gasteiger partial charge on any atom is 0.0174 e. The van der Waals surface area contributed by atoms with Gasteiger partial charge in [0, 0.05) is 18.8 Å². The topological polar surface area (TPSA) is 3.24 Å². The molecule has 0 amide bonds. The van der Waals surface area contributed by atoms with Crippen LogP contribution in [0.2, 0.25) is 0 Å². The third kappa shape index (κ3) is 3.41. The summed E-state index contributed by atoms with van der Waals surface area (Å²) >= 11 is 0. The predicted octanol–water partition coefficient (Wildman–Crippen LogP) is 3.42. The fourth-order valence-electron chi connectivity index (χ4n) is 2.03. The Hall–Kier alpha value is -0.460. The Morgan fingerprint density at radius 3 is 2.31 bits per heavy atom. The summed E-state index contributed by atoms with van der Waals surface area (Å²) in [5, 5.41) is 0. The molecule has 0 aromatic carbocycles. The standard InChI is InChI=1S/C12H23N/c1-4-12(10-11(2)3)13-8-6-5-7-9-13/h4,11H,5-10H2,1-3H3/b12-4+. The molecule has 1 heteroatoms. The van der Waals surface area contributed by atoms with Crippen molar-refractivity contribution in [2.45, 2.75) is 46.5 Å². The molecule has 0 bridgehead atoms. The lowest BCUT2D eigenvalue weighted by Gasteiger charge is -2.31. The zero-order valence-corrected chi connectivity index (χ0v) is 9.34. The van der Waals surface area contributed by atoms with Crippen LogP contribution in [-0.2, 0) is 0 Å². The average molecular weight is 181 g/mol. The van der Waals surface area contributed by atoms with Gasteiger partial charge in [0.25, 0.3) is 0 Å². The molecule has 0 saturated carbocycles. The number of rotatable bonds is 3. The molecule has 0 aromatic heterocycles. The molecule has 0 aromatic rings. The van der Waals surface area contributed by atoms with Crippen molar-refractivity contribution in [3.63, 3.8) is 0 Å². The van der Waals surface area contributed by atoms with Gasteiger partial charge in [-0.05, 0) is 38.5 Å². The maximum atomic E-state index is 2.57. The number of nitrogens with zero attached hydrogens (tertiary/aromatic N) is 1. The summed E-state index contributed by atoms with van der Waals surface area (Å²) in [6.07, 6.45) is 7.74. The molecule has 0 radical (unpaired) electrons. The van der Waals surface area contributed by atoms with Crippen LogP contribution in [0.4, 0.5) is 0 Å². The largest absolute Gasteiger partial charge is 0.375 e. The average Bonchev–Trinajstić information content (AvgIpc) is 2.15. The van der Waals surface area contributed by atoms with E-state index < -0.39 is 0 Å². The third-order valence-electron chi connectivity index (χ3n) is 2.71. The van der Waals surface area contributed by atoms with Gasteiger partial charge >= 0.3 is 0 Å². The van der Waals surface area contributed by atoms with E-state index in [1.807, 2.05) is 0 Å². The van der Waals surface area contributed by atoms with Gasteiger partial charge in [0.1, 0.15) is 0 Å². The second-order valence-electron chi connectivity index (χ2n) is 4.43. The molecule has 0 atom stereocenters. The maximum absolute atomic E-state index is 2.57. The molecular weight excluding hydrogens is 158 g/mol. The van der Waals surface area contributed by atoms with Crippen molar-refractivity contribution in [2.24, 2.45) is 5.92 Å². The van der Waals surface area contributed by atoms with Crippen LogP contribution in [-0.4, -0.2) is 18.0 Å². The minimum absolute atomic E-state index is 0.785. The quantitative estimate of drug-likeness (QED) is 0.645. The molecular formula is C12H23N. The summed E-state index contributed by atoms with van der Waals surface area (Å²) in [4.78, 5) is 2.57. The van der Waals surface area contributed by atoms with E-state index in [0.29, 0.717) is 0 Å². The second kappa shape index (κ2) is 5.31. The van der Waals surface area contributed by atoms with E-state index in [-0.39, 0.29) is 0 Å². The molecule has 1 fully saturated rings. The molecule has 0 unspecified atom stereocenters. The van der Waals surface area contributed by atoms with Gasteiger partial charge in [0.2, 0.25) is 0 Å². The Morgan fingerprint density at radius 2 is 1.85 bits per heavy atom. The SMILES string of the molecule is C/C=C(\CC(C)C)N1CCCCC1. The summed E-state index contributed by atoms with van der Waals surface area (Å²) in [7, 11) is 0. The Labute approximate surface area is 82.8 Å². The predicted molar refractivity (Wildman–Crippen MR) is 58.6 cm³/mol. The fourth-order valence-corrected chi connectivity index (χ4v) is 2.03. The first-order chi connectivity index (χ1) is 6.24. The Morgan fingerprint density at radius 1 is 1.23 bits per heavy atom. The summed E-state index contributed by atoms with van der Waals surface area (Å²) in [6, 6.07) is 0. The zero-order chi connectivity index (χ0) is 9.68. The van der Waals surface area contributed by atoms with Crippen LogP contribution in [0.25, 0.3) is 0 Å². The molecule has 13 heavy (non-hydrogen) atoms. The van der Waals surface area contributed by atoms with Crippen molar-refractivity contribution in [3.8, 4) is 0 Å². The van der Waals surface area contributed by atoms with Crippen molar-refractivity contribution in [1.29, 1.82) is 0 Å². The van der Waals surface area contributed by atoms with E-state index in [1.165, 1.54) is 38.8 Å². The number of piperidine rings is 1. The van der Waals surface area contributed by atoms with Gasteiger partial charge in [0.05, 0.1) is 0 Å². The van der Waals surface area contributed by atoms with Crippen LogP contribution in [0, 0.1) is 5.92 Å². The van der Waals surface area contributed by atoms with Crippen molar-refractivity contribution in [3.05, 3.63) is 11.8 Å². The molecule has 76 valence electrons. The van der Waals surface area contributed by atoms with Crippen LogP contribution in [0.3, 0.4) is 0 Å². The number of hydrogen-bond donors (Lipinski definition) is 0. The zero-order valence-electron chi connectivity index (χ0n) is 9.34. The van der Waals surface area contributed by atoms with Crippen LogP contribution in [0.15, 0.2) is 11.8 Å². The van der Waals surface area contributed by atoms with E-state index in [0.717, 1.165) is 5.92 Å². The van der Waals surface area contributed by atoms with E-state index >= 15 is 0 Å². The Kier molecular flexibility index (Phi) is 4.34. The molecule has 1 heterocycles. The van der Waals surface area contributed by atoms with Crippen LogP contribution < -0.4 is 0 Å². The van der Waals surface area contributed by atoms with Crippen molar-refractivity contribution in [1.82, 2.24) is 4.90 Å². The van der Waals surface area contributed by atoms with Gasteiger partial charge in [-0.2, -0.15) is 0 Å². The van der Waals surface area contributed by atoms with Gasteiger partial charge in [-0.25, -0.2) is 0 Å². The molecule has 1 rings (SSSR count). The van der Waals surface area contributed by atoms with Crippen LogP contribution in [0.1, 0.15) is 46.5 Å². The first-order valence-corrected chi connectivity index (χ1v) is 5.64. The molecule has 0 spiro atoms. The van der Waals surface area contributed by atoms with E-state index in [1.54, 1.807) is 5.70 Å². The van der Waals surface area contributed by atoms with Gasteiger partial charge in [-0.15, -0.1) is 0 Å². The Bertz CT molecular complexity index is 164. The van der Waals surface area contributed by atoms with Gasteiger partial charge in [-0.3, -0.25) is 0 Å². The lowest BCUT2D eigenvalue weighted by molar-refractivity contribution is 0.269. The van der Waals surface area contributed by atoms with E-state index in [9.17, 15) is 0 Å². The third-order valence-corrected chi connectivity index (χ3v) is 2.71. The van der Waals surface area contributed by atoms with Gasteiger partial charge in [0.15, 0.2) is 0 Å². The van der Waals surface area contributed by atoms with Crippen LogP contribution in [0.5, 0.6) is 0 Å². The molecule has 0 N–H and O–H groups in total. The second-order valence-corrected chi connectivity index (χ2v) is 4.43. The molecule has 1 nitrogen and oxygen atoms in total. The van der Waals surface area contributed by atoms with Crippen molar-refractivity contribution >= 4 is 0 Å². The van der Waals surface area contributed by atoms with E-state index in [2.05, 4.69) is 31.7 Å². The van der Waals surface area contributed by atoms with E-state index in [4.69, 9.17) is 0 Å². The monoisotopic (exact) mass is 181 g/mol. The Balaban J connectivity index is 2.45. The van der Waals surface area contributed by atoms with Crippen molar-refractivity contribution < 1.29 is 0 Å². The number of likely N-dealkylation sites (tertiary alicyclic amines) is 1. The lowest BCUT2D eigenvalue weighted by atomic mass is 10.0. The summed E-state index contributed by atoms with van der Waals surface area (Å²) in [6.45, 7) is 9.34. The summed E-state index contributed by atoms with van der Waals surface area (Å²) < 4.78 is 0. The highest BCUT2D eigenvalue weighted by molar-refractivity contribution is 5.01. The molecule has 1 saturated heterocycles. The molecule has 1 aliphatic rings. The minimum Gasteiger partial charge on any atom is -0.375 e. The highest BCUT2D eigenvalue weighted by atomic mass is 15.1. The lowest BCUT2D eigenvalue weighted by Crippen LogP contribution is -2.29. The highest BCUT2D eigenvalue weighted by Crippen LogP contribution is 2.20. The first kappa shape index (κ1) is 10.6. The van der Waals surface area contributed by atoms with Crippen LogP contribution >= 0.6 is 0 Å². The molecule has 1 aliphatic heterocycles. The smallest absolute Gasteiger partial charge is 0.0174 e. The first-order valence-electron chi connectivity index (χ1n) is 5.64. The minimum atomic E-state index is 0.785.